The molecule has 102 valence electrons. The molecule has 0 unspecified atom stereocenters. The summed E-state index contributed by atoms with van der Waals surface area (Å²) >= 11 is 0. The van der Waals surface area contributed by atoms with Gasteiger partial charge >= 0.3 is 0 Å². The number of carbonyl (C=O) groups excluding carboxylic acids is 2. The van der Waals surface area contributed by atoms with E-state index in [4.69, 9.17) is 11.7 Å². The fourth-order valence-electron chi connectivity index (χ4n) is 1.99. The van der Waals surface area contributed by atoms with Gasteiger partial charge in [-0.05, 0) is 23.3 Å². The first-order chi connectivity index (χ1) is 9.69. The van der Waals surface area contributed by atoms with E-state index in [-0.39, 0.29) is 0 Å². The molecule has 0 saturated heterocycles. The van der Waals surface area contributed by atoms with Gasteiger partial charge in [0, 0.05) is 11.1 Å². The molecule has 0 radical (unpaired) electrons. The van der Waals surface area contributed by atoms with Crippen molar-refractivity contribution in [1.29, 1.82) is 0 Å². The number of amides is 2. The van der Waals surface area contributed by atoms with E-state index in [0.717, 1.165) is 0 Å². The molecule has 2 rings (SSSR count). The number of hydrogen-bond donors (Lipinski definition) is 4. The minimum atomic E-state index is -0.427. The summed E-state index contributed by atoms with van der Waals surface area (Å²) in [6, 6.07) is 13.8. The van der Waals surface area contributed by atoms with Crippen molar-refractivity contribution in [2.45, 2.75) is 0 Å². The summed E-state index contributed by atoms with van der Waals surface area (Å²) < 4.78 is 0. The molecule has 0 heterocycles. The standard InChI is InChI=1S/C14H14N4O2/c15-17-13(19)11-7-3-1-5-9(11)10-6-2-4-8-12(10)14(20)18-16/h1-8H,15-16H2,(H,17,19)(H,18,20). The third-order valence-electron chi connectivity index (χ3n) is 2.90. The quantitative estimate of drug-likeness (QED) is 0.371. The van der Waals surface area contributed by atoms with Crippen LogP contribution in [0, 0.1) is 0 Å². The Morgan fingerprint density at radius 3 is 1.40 bits per heavy atom. The molecule has 0 saturated carbocycles. The van der Waals surface area contributed by atoms with Gasteiger partial charge in [0.1, 0.15) is 0 Å². The molecule has 20 heavy (non-hydrogen) atoms. The molecule has 6 heteroatoms. The van der Waals surface area contributed by atoms with Crippen LogP contribution in [0.4, 0.5) is 0 Å². The first kappa shape index (κ1) is 13.7. The number of hydrogen-bond acceptors (Lipinski definition) is 4. The molecule has 2 aromatic carbocycles. The molecule has 0 fully saturated rings. The van der Waals surface area contributed by atoms with Crippen LogP contribution in [-0.4, -0.2) is 11.8 Å². The largest absolute Gasteiger partial charge is 0.290 e. The highest BCUT2D eigenvalue weighted by Gasteiger charge is 2.16. The second-order valence-electron chi connectivity index (χ2n) is 4.04. The fraction of sp³-hybridized carbons (Fsp3) is 0. The average Bonchev–Trinajstić information content (AvgIpc) is 2.53. The Labute approximate surface area is 115 Å². The molecule has 0 aliphatic rings. The van der Waals surface area contributed by atoms with E-state index in [1.807, 2.05) is 0 Å². The first-order valence-electron chi connectivity index (χ1n) is 5.89. The summed E-state index contributed by atoms with van der Waals surface area (Å²) in [5.41, 5.74) is 6.16. The molecular weight excluding hydrogens is 256 g/mol. The van der Waals surface area contributed by atoms with Crippen LogP contribution in [0.1, 0.15) is 20.7 Å². The van der Waals surface area contributed by atoms with E-state index < -0.39 is 11.8 Å². The lowest BCUT2D eigenvalue weighted by molar-refractivity contribution is 0.0944. The number of nitrogen functional groups attached to an aromatic ring is 2. The highest BCUT2D eigenvalue weighted by atomic mass is 16.2. The van der Waals surface area contributed by atoms with Gasteiger partial charge in [-0.1, -0.05) is 36.4 Å². The number of nitrogens with one attached hydrogen (secondary N) is 2. The van der Waals surface area contributed by atoms with Crippen LogP contribution < -0.4 is 22.5 Å². The van der Waals surface area contributed by atoms with Gasteiger partial charge in [-0.15, -0.1) is 0 Å². The highest BCUT2D eigenvalue weighted by Crippen LogP contribution is 2.27. The molecule has 0 spiro atoms. The van der Waals surface area contributed by atoms with Crippen LogP contribution in [0.2, 0.25) is 0 Å². The monoisotopic (exact) mass is 270 g/mol. The Hall–Kier alpha value is -2.70. The molecule has 0 aromatic heterocycles. The summed E-state index contributed by atoms with van der Waals surface area (Å²) in [5, 5.41) is 0. The zero-order valence-electron chi connectivity index (χ0n) is 10.6. The SMILES string of the molecule is NNC(=O)c1ccccc1-c1ccccc1C(=O)NN. The van der Waals surface area contributed by atoms with Crippen molar-refractivity contribution in [1.82, 2.24) is 10.9 Å². The van der Waals surface area contributed by atoms with Crippen molar-refractivity contribution in [2.24, 2.45) is 11.7 Å². The molecular formula is C14H14N4O2. The number of benzene rings is 2. The fourth-order valence-corrected chi connectivity index (χ4v) is 1.99. The minimum absolute atomic E-state index is 0.382. The summed E-state index contributed by atoms with van der Waals surface area (Å²) in [5.74, 6) is 9.50. The first-order valence-corrected chi connectivity index (χ1v) is 5.89. The van der Waals surface area contributed by atoms with Crippen LogP contribution in [0.25, 0.3) is 11.1 Å². The van der Waals surface area contributed by atoms with Gasteiger partial charge in [-0.3, -0.25) is 20.4 Å². The third kappa shape index (κ3) is 2.51. The lowest BCUT2D eigenvalue weighted by atomic mass is 9.95. The number of carbonyl (C=O) groups is 2. The lowest BCUT2D eigenvalue weighted by Gasteiger charge is -2.12. The maximum Gasteiger partial charge on any atom is 0.265 e. The van der Waals surface area contributed by atoms with Gasteiger partial charge in [0.15, 0.2) is 0 Å². The van der Waals surface area contributed by atoms with Crippen LogP contribution in [0.5, 0.6) is 0 Å². The summed E-state index contributed by atoms with van der Waals surface area (Å²) in [6.07, 6.45) is 0. The second kappa shape index (κ2) is 5.96. The van der Waals surface area contributed by atoms with Crippen LogP contribution in [-0.2, 0) is 0 Å². The average molecular weight is 270 g/mol. The molecule has 0 aliphatic carbocycles. The lowest BCUT2D eigenvalue weighted by Crippen LogP contribution is -2.31. The van der Waals surface area contributed by atoms with Gasteiger partial charge in [-0.25, -0.2) is 11.7 Å². The van der Waals surface area contributed by atoms with Gasteiger partial charge in [0.25, 0.3) is 11.8 Å². The molecule has 6 nitrogen and oxygen atoms in total. The van der Waals surface area contributed by atoms with E-state index in [2.05, 4.69) is 10.9 Å². The van der Waals surface area contributed by atoms with Gasteiger partial charge in [0.05, 0.1) is 0 Å². The Balaban J connectivity index is 2.64. The van der Waals surface area contributed by atoms with Crippen molar-refractivity contribution in [3.8, 4) is 11.1 Å². The van der Waals surface area contributed by atoms with E-state index in [0.29, 0.717) is 22.3 Å². The van der Waals surface area contributed by atoms with Gasteiger partial charge in [-0.2, -0.15) is 0 Å². The second-order valence-corrected chi connectivity index (χ2v) is 4.04. The number of rotatable bonds is 3. The van der Waals surface area contributed by atoms with E-state index in [1.165, 1.54) is 0 Å². The molecule has 0 atom stereocenters. The normalized spacial score (nSPS) is 9.90. The maximum atomic E-state index is 11.8. The third-order valence-corrected chi connectivity index (χ3v) is 2.90. The van der Waals surface area contributed by atoms with Crippen LogP contribution in [0.3, 0.4) is 0 Å². The zero-order valence-corrected chi connectivity index (χ0v) is 10.6. The van der Waals surface area contributed by atoms with E-state index in [1.54, 1.807) is 48.5 Å². The van der Waals surface area contributed by atoms with Crippen molar-refractivity contribution < 1.29 is 9.59 Å². The summed E-state index contributed by atoms with van der Waals surface area (Å²) in [4.78, 5) is 23.6. The van der Waals surface area contributed by atoms with Crippen LogP contribution >= 0.6 is 0 Å². The Bertz CT molecular complexity index is 598. The maximum absolute atomic E-state index is 11.8. The predicted molar refractivity (Wildman–Crippen MR) is 75.2 cm³/mol. The molecule has 2 amide bonds. The van der Waals surface area contributed by atoms with E-state index in [9.17, 15) is 9.59 Å². The topological polar surface area (TPSA) is 110 Å². The summed E-state index contributed by atoms with van der Waals surface area (Å²) in [6.45, 7) is 0. The minimum Gasteiger partial charge on any atom is -0.290 e. The molecule has 6 N–H and O–H groups in total. The smallest absolute Gasteiger partial charge is 0.265 e. The Morgan fingerprint density at radius 1 is 0.700 bits per heavy atom. The molecule has 0 bridgehead atoms. The van der Waals surface area contributed by atoms with Gasteiger partial charge in [0.2, 0.25) is 0 Å². The van der Waals surface area contributed by atoms with Crippen LogP contribution in [0.15, 0.2) is 48.5 Å². The number of nitrogens with two attached hydrogens (primary N) is 2. The van der Waals surface area contributed by atoms with Crippen molar-refractivity contribution in [3.05, 3.63) is 59.7 Å². The molecule has 0 aliphatic heterocycles. The predicted octanol–water partition coefficient (Wildman–Crippen LogP) is 0.561. The number of hydrazine groups is 2. The Kier molecular flexibility index (Phi) is 4.09. The van der Waals surface area contributed by atoms with E-state index >= 15 is 0 Å². The van der Waals surface area contributed by atoms with Crippen molar-refractivity contribution in [2.75, 3.05) is 0 Å². The van der Waals surface area contributed by atoms with Crippen molar-refractivity contribution >= 4 is 11.8 Å². The van der Waals surface area contributed by atoms with Gasteiger partial charge < -0.3 is 0 Å². The van der Waals surface area contributed by atoms with Crippen molar-refractivity contribution in [3.63, 3.8) is 0 Å². The summed E-state index contributed by atoms with van der Waals surface area (Å²) in [7, 11) is 0. The zero-order chi connectivity index (χ0) is 14.5. The Morgan fingerprint density at radius 2 is 1.05 bits per heavy atom. The molecule has 2 aromatic rings. The highest BCUT2D eigenvalue weighted by molar-refractivity contribution is 6.06.